The second-order valence-corrected chi connectivity index (χ2v) is 7.26. The van der Waals surface area contributed by atoms with Gasteiger partial charge in [-0.1, -0.05) is 13.0 Å². The second kappa shape index (κ2) is 11.8. The fourth-order valence-electron chi connectivity index (χ4n) is 3.85. The molecule has 1 aliphatic rings. The molecule has 1 fully saturated rings. The molecule has 1 aliphatic heterocycles. The Bertz CT molecular complexity index is 665. The van der Waals surface area contributed by atoms with E-state index in [0.717, 1.165) is 37.1 Å². The molecule has 0 aromatic heterocycles. The van der Waals surface area contributed by atoms with Crippen LogP contribution in [0.1, 0.15) is 38.7 Å². The first-order chi connectivity index (χ1) is 14.0. The first-order valence-corrected chi connectivity index (χ1v) is 10.2. The Kier molecular flexibility index (Phi) is 9.41. The fraction of sp³-hybridized carbons (Fsp3) is 0.636. The van der Waals surface area contributed by atoms with Crippen molar-refractivity contribution < 1.29 is 28.5 Å². The minimum Gasteiger partial charge on any atom is -0.493 e. The molecule has 0 aliphatic carbocycles. The Balaban J connectivity index is 1.82. The van der Waals surface area contributed by atoms with Crippen molar-refractivity contribution in [2.75, 3.05) is 33.9 Å². The van der Waals surface area contributed by atoms with Crippen molar-refractivity contribution in [3.8, 4) is 11.5 Å². The van der Waals surface area contributed by atoms with Gasteiger partial charge in [-0.15, -0.1) is 0 Å². The number of rotatable bonds is 12. The molecular formula is C22H33NO6. The van der Waals surface area contributed by atoms with Crippen LogP contribution in [-0.2, 0) is 25.5 Å². The van der Waals surface area contributed by atoms with Gasteiger partial charge in [-0.2, -0.15) is 0 Å². The maximum absolute atomic E-state index is 11.5. The van der Waals surface area contributed by atoms with Crippen LogP contribution in [-0.4, -0.2) is 69.3 Å². The third-order valence-electron chi connectivity index (χ3n) is 5.37. The van der Waals surface area contributed by atoms with E-state index in [0.29, 0.717) is 25.2 Å². The summed E-state index contributed by atoms with van der Waals surface area (Å²) in [6.45, 7) is 6.39. The average molecular weight is 408 g/mol. The quantitative estimate of drug-likeness (QED) is 0.300. The van der Waals surface area contributed by atoms with E-state index < -0.39 is 5.97 Å². The Morgan fingerprint density at radius 1 is 1.28 bits per heavy atom. The maximum atomic E-state index is 11.5. The molecule has 1 saturated heterocycles. The zero-order valence-corrected chi connectivity index (χ0v) is 17.9. The fourth-order valence-corrected chi connectivity index (χ4v) is 3.85. The van der Waals surface area contributed by atoms with Gasteiger partial charge in [0.05, 0.1) is 26.9 Å². The molecule has 0 radical (unpaired) electrons. The number of aldehydes is 1. The van der Waals surface area contributed by atoms with Crippen LogP contribution in [0.25, 0.3) is 0 Å². The lowest BCUT2D eigenvalue weighted by molar-refractivity contribution is -0.149. The molecule has 29 heavy (non-hydrogen) atoms. The highest BCUT2D eigenvalue weighted by atomic mass is 16.5. The lowest BCUT2D eigenvalue weighted by Gasteiger charge is -2.32. The van der Waals surface area contributed by atoms with E-state index >= 15 is 0 Å². The van der Waals surface area contributed by atoms with E-state index in [4.69, 9.17) is 18.9 Å². The second-order valence-electron chi connectivity index (χ2n) is 7.26. The number of nitrogens with zero attached hydrogens (tertiary/aromatic N) is 1. The lowest BCUT2D eigenvalue weighted by atomic mass is 10.1. The van der Waals surface area contributed by atoms with E-state index in [1.54, 1.807) is 14.2 Å². The van der Waals surface area contributed by atoms with Crippen LogP contribution in [0.15, 0.2) is 18.2 Å². The van der Waals surface area contributed by atoms with Gasteiger partial charge in [0.25, 0.3) is 0 Å². The molecule has 0 saturated carbocycles. The SMILES string of the molecule is CC[C@H]([C@@H](C)OCCc1ccc(OC)c(OC)c1)N1CC[C@@H](OC(=O)CC=O)C1. The van der Waals surface area contributed by atoms with Crippen LogP contribution in [0.5, 0.6) is 11.5 Å². The molecule has 7 nitrogen and oxygen atoms in total. The van der Waals surface area contributed by atoms with Crippen LogP contribution in [0.3, 0.4) is 0 Å². The van der Waals surface area contributed by atoms with Crippen molar-refractivity contribution in [2.24, 2.45) is 0 Å². The van der Waals surface area contributed by atoms with Crippen LogP contribution < -0.4 is 9.47 Å². The smallest absolute Gasteiger partial charge is 0.313 e. The highest BCUT2D eigenvalue weighted by Gasteiger charge is 2.32. The van der Waals surface area contributed by atoms with E-state index in [2.05, 4.69) is 18.7 Å². The molecule has 0 amide bonds. The Labute approximate surface area is 173 Å². The van der Waals surface area contributed by atoms with Crippen LogP contribution in [0.2, 0.25) is 0 Å². The number of benzene rings is 1. The summed E-state index contributed by atoms with van der Waals surface area (Å²) < 4.78 is 22.1. The van der Waals surface area contributed by atoms with Crippen LogP contribution >= 0.6 is 0 Å². The Hall–Kier alpha value is -2.12. The summed E-state index contributed by atoms with van der Waals surface area (Å²) in [6, 6.07) is 6.16. The number of carbonyl (C=O) groups excluding carboxylic acids is 2. The van der Waals surface area contributed by atoms with Crippen molar-refractivity contribution in [1.29, 1.82) is 0 Å². The molecule has 7 heteroatoms. The number of methoxy groups -OCH3 is 2. The topological polar surface area (TPSA) is 74.3 Å². The molecule has 2 rings (SSSR count). The first-order valence-electron chi connectivity index (χ1n) is 10.2. The van der Waals surface area contributed by atoms with Gasteiger partial charge >= 0.3 is 5.97 Å². The third-order valence-corrected chi connectivity index (χ3v) is 5.37. The number of hydrogen-bond acceptors (Lipinski definition) is 7. The number of hydrogen-bond donors (Lipinski definition) is 0. The molecular weight excluding hydrogens is 374 g/mol. The normalized spacial score (nSPS) is 18.8. The molecule has 1 aromatic carbocycles. The van der Waals surface area contributed by atoms with Crippen LogP contribution in [0.4, 0.5) is 0 Å². The Morgan fingerprint density at radius 2 is 2.03 bits per heavy atom. The average Bonchev–Trinajstić information content (AvgIpc) is 3.16. The summed E-state index contributed by atoms with van der Waals surface area (Å²) in [6.07, 6.45) is 2.85. The van der Waals surface area contributed by atoms with Crippen molar-refractivity contribution in [2.45, 2.75) is 57.8 Å². The summed E-state index contributed by atoms with van der Waals surface area (Å²) in [4.78, 5) is 24.3. The standard InChI is InChI=1S/C22H33NO6/c1-5-19(23-11-8-18(15-23)29-22(25)9-12-24)16(2)28-13-10-17-6-7-20(26-3)21(14-17)27-4/h6-7,12,14,16,18-19H,5,8-11,13,15H2,1-4H3/t16-,18-,19-/m1/s1. The summed E-state index contributed by atoms with van der Waals surface area (Å²) >= 11 is 0. The molecule has 162 valence electrons. The van der Waals surface area contributed by atoms with Gasteiger partial charge < -0.3 is 23.7 Å². The molecule has 0 spiro atoms. The molecule has 1 aromatic rings. The monoisotopic (exact) mass is 407 g/mol. The van der Waals surface area contributed by atoms with E-state index in [-0.39, 0.29) is 24.7 Å². The van der Waals surface area contributed by atoms with Crippen molar-refractivity contribution in [3.63, 3.8) is 0 Å². The van der Waals surface area contributed by atoms with Crippen molar-refractivity contribution >= 4 is 12.3 Å². The van der Waals surface area contributed by atoms with Crippen molar-refractivity contribution in [1.82, 2.24) is 4.90 Å². The van der Waals surface area contributed by atoms with Gasteiger partial charge in [0.1, 0.15) is 18.8 Å². The molecule has 0 N–H and O–H groups in total. The molecule has 0 unspecified atom stereocenters. The molecule has 3 atom stereocenters. The summed E-state index contributed by atoms with van der Waals surface area (Å²) in [7, 11) is 3.25. The number of esters is 1. The third kappa shape index (κ3) is 6.72. The maximum Gasteiger partial charge on any atom is 0.313 e. The Morgan fingerprint density at radius 3 is 2.69 bits per heavy atom. The van der Waals surface area contributed by atoms with Gasteiger partial charge in [0, 0.05) is 19.1 Å². The predicted molar refractivity (Wildman–Crippen MR) is 109 cm³/mol. The summed E-state index contributed by atoms with van der Waals surface area (Å²) in [5.41, 5.74) is 1.13. The zero-order valence-electron chi connectivity index (χ0n) is 17.9. The highest BCUT2D eigenvalue weighted by molar-refractivity contribution is 5.83. The van der Waals surface area contributed by atoms with Gasteiger partial charge in [-0.3, -0.25) is 9.69 Å². The number of likely N-dealkylation sites (tertiary alicyclic amines) is 1. The predicted octanol–water partition coefficient (Wildman–Crippen LogP) is 2.64. The van der Waals surface area contributed by atoms with E-state index in [1.165, 1.54) is 0 Å². The summed E-state index contributed by atoms with van der Waals surface area (Å²) in [5, 5.41) is 0. The first kappa shape index (κ1) is 23.2. The zero-order chi connectivity index (χ0) is 21.2. The van der Waals surface area contributed by atoms with E-state index in [9.17, 15) is 9.59 Å². The van der Waals surface area contributed by atoms with Gasteiger partial charge in [0.2, 0.25) is 0 Å². The minimum absolute atomic E-state index is 0.0598. The number of carbonyl (C=O) groups is 2. The van der Waals surface area contributed by atoms with Gasteiger partial charge in [0.15, 0.2) is 11.5 Å². The molecule has 0 bridgehead atoms. The molecule has 1 heterocycles. The largest absolute Gasteiger partial charge is 0.493 e. The lowest BCUT2D eigenvalue weighted by Crippen LogP contribution is -2.42. The van der Waals surface area contributed by atoms with Crippen LogP contribution in [0, 0.1) is 0 Å². The van der Waals surface area contributed by atoms with E-state index in [1.807, 2.05) is 18.2 Å². The summed E-state index contributed by atoms with van der Waals surface area (Å²) in [5.74, 6) is 0.991. The number of ether oxygens (including phenoxy) is 4. The van der Waals surface area contributed by atoms with Gasteiger partial charge in [-0.05, 0) is 43.9 Å². The minimum atomic E-state index is -0.445. The van der Waals surface area contributed by atoms with Crippen molar-refractivity contribution in [3.05, 3.63) is 23.8 Å². The highest BCUT2D eigenvalue weighted by Crippen LogP contribution is 2.28. The van der Waals surface area contributed by atoms with Gasteiger partial charge in [-0.25, -0.2) is 0 Å².